The number of cyclic esters (lactones) is 1. The van der Waals surface area contributed by atoms with Crippen LogP contribution in [0.3, 0.4) is 0 Å². The molecular weight excluding hydrogens is 424 g/mol. The molecule has 7 nitrogen and oxygen atoms in total. The summed E-state index contributed by atoms with van der Waals surface area (Å²) in [4.78, 5) is 25.0. The Hall–Kier alpha value is -3.22. The topological polar surface area (TPSA) is 80.3 Å². The summed E-state index contributed by atoms with van der Waals surface area (Å²) in [6.07, 6.45) is 3.00. The van der Waals surface area contributed by atoms with Gasteiger partial charge in [-0.15, -0.1) is 0 Å². The quantitative estimate of drug-likeness (QED) is 0.497. The van der Waals surface area contributed by atoms with Crippen molar-refractivity contribution < 1.29 is 33.3 Å². The number of hydrogen-bond donors (Lipinski definition) is 0. The molecule has 0 radical (unpaired) electrons. The van der Waals surface area contributed by atoms with Crippen molar-refractivity contribution in [2.75, 3.05) is 20.8 Å². The van der Waals surface area contributed by atoms with Gasteiger partial charge in [-0.2, -0.15) is 0 Å². The van der Waals surface area contributed by atoms with E-state index in [0.717, 1.165) is 29.5 Å². The van der Waals surface area contributed by atoms with Gasteiger partial charge >= 0.3 is 11.9 Å². The number of hydrogen-bond acceptors (Lipinski definition) is 7. The van der Waals surface area contributed by atoms with E-state index >= 15 is 0 Å². The molecule has 0 amide bonds. The number of fused-ring (bicyclic) bond motifs is 1. The van der Waals surface area contributed by atoms with Gasteiger partial charge in [0.05, 0.1) is 25.9 Å². The first kappa shape index (κ1) is 23.0. The third-order valence-electron chi connectivity index (χ3n) is 6.65. The maximum absolute atomic E-state index is 12.9. The van der Waals surface area contributed by atoms with Crippen LogP contribution in [0.15, 0.2) is 30.3 Å². The largest absolute Gasteiger partial charge is 0.493 e. The van der Waals surface area contributed by atoms with Crippen molar-refractivity contribution in [3.63, 3.8) is 0 Å². The van der Waals surface area contributed by atoms with E-state index in [0.29, 0.717) is 35.7 Å². The predicted octanol–water partition coefficient (Wildman–Crippen LogP) is 4.93. The Labute approximate surface area is 193 Å². The van der Waals surface area contributed by atoms with Gasteiger partial charge in [-0.1, -0.05) is 25.5 Å². The smallest absolute Gasteiger partial charge is 0.338 e. The molecule has 0 saturated heterocycles. The zero-order valence-electron chi connectivity index (χ0n) is 19.6. The molecule has 2 aromatic carbocycles. The summed E-state index contributed by atoms with van der Waals surface area (Å²) in [5.74, 6) is 0.859. The molecule has 4 rings (SSSR count). The van der Waals surface area contributed by atoms with Gasteiger partial charge in [0.2, 0.25) is 5.75 Å². The molecule has 2 aromatic rings. The van der Waals surface area contributed by atoms with Crippen LogP contribution in [0.25, 0.3) is 11.1 Å². The highest BCUT2D eigenvalue weighted by Gasteiger charge is 2.47. The summed E-state index contributed by atoms with van der Waals surface area (Å²) in [7, 11) is 3.11. The number of carbonyl (C=O) groups is 2. The Morgan fingerprint density at radius 3 is 2.45 bits per heavy atom. The molecule has 1 fully saturated rings. The van der Waals surface area contributed by atoms with Crippen LogP contribution in [-0.4, -0.2) is 38.9 Å². The first-order valence-electron chi connectivity index (χ1n) is 11.3. The minimum atomic E-state index is -0.674. The molecule has 1 saturated carbocycles. The van der Waals surface area contributed by atoms with Crippen molar-refractivity contribution in [3.05, 3.63) is 41.5 Å². The van der Waals surface area contributed by atoms with Gasteiger partial charge in [0.15, 0.2) is 11.5 Å². The summed E-state index contributed by atoms with van der Waals surface area (Å²) in [6, 6.07) is 9.17. The average molecular weight is 455 g/mol. The van der Waals surface area contributed by atoms with E-state index in [-0.39, 0.29) is 31.3 Å². The van der Waals surface area contributed by atoms with Crippen LogP contribution in [0.1, 0.15) is 55.5 Å². The Bertz CT molecular complexity index is 1050. The predicted molar refractivity (Wildman–Crippen MR) is 122 cm³/mol. The van der Waals surface area contributed by atoms with Gasteiger partial charge < -0.3 is 23.7 Å². The van der Waals surface area contributed by atoms with Gasteiger partial charge in [-0.25, -0.2) is 4.79 Å². The van der Waals surface area contributed by atoms with Gasteiger partial charge in [-0.05, 0) is 49.9 Å². The fourth-order valence-corrected chi connectivity index (χ4v) is 4.27. The molecule has 176 valence electrons. The third kappa shape index (κ3) is 4.12. The number of esters is 2. The second-order valence-electron chi connectivity index (χ2n) is 8.63. The van der Waals surface area contributed by atoms with Crippen LogP contribution in [0.4, 0.5) is 0 Å². The lowest BCUT2D eigenvalue weighted by molar-refractivity contribution is -0.169. The van der Waals surface area contributed by atoms with Crippen LogP contribution in [0, 0.1) is 5.41 Å². The van der Waals surface area contributed by atoms with Crippen molar-refractivity contribution in [3.8, 4) is 28.4 Å². The standard InChI is InChI=1S/C26H30O7/c1-5-16(2)33-25(28)26(12-7-13-26)15-32-22-18(10-11-21(29-3)23(22)30-4)17-8-6-9-19-20(17)14-31-24(19)27/h6,8-11,16H,5,7,12-15H2,1-4H3/t16-/m0/s1. The van der Waals surface area contributed by atoms with Crippen LogP contribution in [-0.2, 0) is 20.9 Å². The van der Waals surface area contributed by atoms with Crippen LogP contribution in [0.2, 0.25) is 0 Å². The highest BCUT2D eigenvalue weighted by molar-refractivity contribution is 5.96. The lowest BCUT2D eigenvalue weighted by Gasteiger charge is -2.39. The number of benzene rings is 2. The first-order chi connectivity index (χ1) is 15.9. The fourth-order valence-electron chi connectivity index (χ4n) is 4.27. The van der Waals surface area contributed by atoms with E-state index in [9.17, 15) is 9.59 Å². The molecule has 1 aliphatic heterocycles. The zero-order valence-corrected chi connectivity index (χ0v) is 19.6. The SMILES string of the molecule is CC[C@H](C)OC(=O)C1(COc2c(-c3cccc4c3COC4=O)ccc(OC)c2OC)CCC1. The molecule has 7 heteroatoms. The Morgan fingerprint density at radius 2 is 1.82 bits per heavy atom. The van der Waals surface area contributed by atoms with E-state index in [1.807, 2.05) is 32.0 Å². The normalized spacial score (nSPS) is 16.8. The van der Waals surface area contributed by atoms with Gasteiger partial charge in [0.25, 0.3) is 0 Å². The highest BCUT2D eigenvalue weighted by atomic mass is 16.6. The lowest BCUT2D eigenvalue weighted by atomic mass is 9.69. The minimum absolute atomic E-state index is 0.138. The fraction of sp³-hybridized carbons (Fsp3) is 0.462. The van der Waals surface area contributed by atoms with Crippen LogP contribution < -0.4 is 14.2 Å². The molecular formula is C26H30O7. The molecule has 0 aromatic heterocycles. The number of carbonyl (C=O) groups excluding carboxylic acids is 2. The molecule has 0 bridgehead atoms. The second-order valence-corrected chi connectivity index (χ2v) is 8.63. The molecule has 0 unspecified atom stereocenters. The summed E-state index contributed by atoms with van der Waals surface area (Å²) in [6.45, 7) is 4.25. The van der Waals surface area contributed by atoms with Crippen molar-refractivity contribution in [1.29, 1.82) is 0 Å². The number of methoxy groups -OCH3 is 2. The summed E-state index contributed by atoms with van der Waals surface area (Å²) >= 11 is 0. The maximum Gasteiger partial charge on any atom is 0.338 e. The minimum Gasteiger partial charge on any atom is -0.493 e. The van der Waals surface area contributed by atoms with Crippen molar-refractivity contribution in [2.24, 2.45) is 5.41 Å². The molecule has 2 aliphatic rings. The number of ether oxygens (including phenoxy) is 5. The zero-order chi connectivity index (χ0) is 23.6. The lowest BCUT2D eigenvalue weighted by Crippen LogP contribution is -2.45. The summed E-state index contributed by atoms with van der Waals surface area (Å²) in [5, 5.41) is 0. The molecule has 33 heavy (non-hydrogen) atoms. The first-order valence-corrected chi connectivity index (χ1v) is 11.3. The summed E-state index contributed by atoms with van der Waals surface area (Å²) < 4.78 is 28.4. The average Bonchev–Trinajstić information content (AvgIpc) is 3.18. The van der Waals surface area contributed by atoms with Gasteiger partial charge in [0, 0.05) is 11.1 Å². The van der Waals surface area contributed by atoms with Crippen molar-refractivity contribution in [1.82, 2.24) is 0 Å². The monoisotopic (exact) mass is 454 g/mol. The van der Waals surface area contributed by atoms with E-state index in [1.165, 1.54) is 0 Å². The van der Waals surface area contributed by atoms with Gasteiger partial charge in [-0.3, -0.25) is 4.79 Å². The molecule has 1 atom stereocenters. The van der Waals surface area contributed by atoms with E-state index in [1.54, 1.807) is 26.4 Å². The second kappa shape index (κ2) is 9.33. The van der Waals surface area contributed by atoms with E-state index < -0.39 is 5.41 Å². The van der Waals surface area contributed by atoms with Crippen LogP contribution >= 0.6 is 0 Å². The van der Waals surface area contributed by atoms with Crippen molar-refractivity contribution in [2.45, 2.75) is 52.2 Å². The molecule has 1 aliphatic carbocycles. The third-order valence-corrected chi connectivity index (χ3v) is 6.65. The summed E-state index contributed by atoms with van der Waals surface area (Å²) in [5.41, 5.74) is 2.23. The Morgan fingerprint density at radius 1 is 1.06 bits per heavy atom. The van der Waals surface area contributed by atoms with E-state index in [2.05, 4.69) is 0 Å². The van der Waals surface area contributed by atoms with Crippen molar-refractivity contribution >= 4 is 11.9 Å². The Balaban J connectivity index is 1.72. The molecule has 0 N–H and O–H groups in total. The molecule has 0 spiro atoms. The Kier molecular flexibility index (Phi) is 6.49. The highest BCUT2D eigenvalue weighted by Crippen LogP contribution is 2.49. The van der Waals surface area contributed by atoms with E-state index in [4.69, 9.17) is 23.7 Å². The maximum atomic E-state index is 12.9. The van der Waals surface area contributed by atoms with Crippen LogP contribution in [0.5, 0.6) is 17.2 Å². The van der Waals surface area contributed by atoms with Gasteiger partial charge in [0.1, 0.15) is 18.6 Å². The number of rotatable bonds is 9. The molecule has 1 heterocycles.